The van der Waals surface area contributed by atoms with E-state index < -0.39 is 22.7 Å². The summed E-state index contributed by atoms with van der Waals surface area (Å²) < 4.78 is 45.0. The van der Waals surface area contributed by atoms with E-state index in [-0.39, 0.29) is 12.1 Å². The van der Waals surface area contributed by atoms with Crippen LogP contribution >= 0.6 is 11.6 Å². The molecule has 0 aliphatic carbocycles. The molecule has 2 aromatic carbocycles. The van der Waals surface area contributed by atoms with Crippen LogP contribution in [0.1, 0.15) is 23.2 Å². The van der Waals surface area contributed by atoms with Crippen LogP contribution in [0.4, 0.5) is 18.9 Å². The van der Waals surface area contributed by atoms with Gasteiger partial charge in [-0.15, -0.1) is 0 Å². The van der Waals surface area contributed by atoms with Crippen molar-refractivity contribution in [1.29, 1.82) is 0 Å². The van der Waals surface area contributed by atoms with Crippen LogP contribution in [-0.4, -0.2) is 29.8 Å². The summed E-state index contributed by atoms with van der Waals surface area (Å²) in [4.78, 5) is 20.9. The molecule has 1 amide bonds. The van der Waals surface area contributed by atoms with E-state index in [4.69, 9.17) is 16.3 Å². The molecule has 1 aromatic heterocycles. The lowest BCUT2D eigenvalue weighted by Gasteiger charge is -2.12. The van der Waals surface area contributed by atoms with E-state index in [9.17, 15) is 18.0 Å². The molecule has 2 N–H and O–H groups in total. The molecule has 0 fully saturated rings. The van der Waals surface area contributed by atoms with Gasteiger partial charge in [0.05, 0.1) is 17.1 Å². The first-order chi connectivity index (χ1) is 16.3. The molecule has 0 saturated heterocycles. The average Bonchev–Trinajstić information content (AvgIpc) is 3.34. The number of aryl methyl sites for hydroxylation is 1. The van der Waals surface area contributed by atoms with Crippen LogP contribution in [0.2, 0.25) is 5.02 Å². The zero-order chi connectivity index (χ0) is 24.1. The number of halogens is 4. The summed E-state index contributed by atoms with van der Waals surface area (Å²) in [7, 11) is 0. The first-order valence-electron chi connectivity index (χ1n) is 10.5. The van der Waals surface area contributed by atoms with E-state index in [0.717, 1.165) is 30.1 Å². The second-order valence-electron chi connectivity index (χ2n) is 7.52. The number of benzene rings is 2. The average molecular weight is 489 g/mol. The summed E-state index contributed by atoms with van der Waals surface area (Å²) in [6, 6.07) is 14.1. The van der Waals surface area contributed by atoms with Crippen LogP contribution in [0.5, 0.6) is 11.5 Å². The molecule has 2 heterocycles. The fourth-order valence-electron chi connectivity index (χ4n) is 3.38. The van der Waals surface area contributed by atoms with Gasteiger partial charge in [-0.05, 0) is 48.4 Å². The highest BCUT2D eigenvalue weighted by Gasteiger charge is 2.33. The second-order valence-corrected chi connectivity index (χ2v) is 7.93. The van der Waals surface area contributed by atoms with E-state index >= 15 is 0 Å². The van der Waals surface area contributed by atoms with Crippen LogP contribution in [-0.2, 0) is 17.4 Å². The zero-order valence-corrected chi connectivity index (χ0v) is 18.6. The van der Waals surface area contributed by atoms with Gasteiger partial charge in [0.15, 0.2) is 0 Å². The Morgan fingerprint density at radius 1 is 1.12 bits per heavy atom. The molecule has 0 bridgehead atoms. The summed E-state index contributed by atoms with van der Waals surface area (Å²) in [5, 5.41) is 5.23. The largest absolute Gasteiger partial charge is 0.457 e. The molecule has 4 rings (SSSR count). The topological polar surface area (TPSA) is 75.6 Å². The predicted molar refractivity (Wildman–Crippen MR) is 124 cm³/mol. The standard InChI is InChI=1S/C24H20ClF3N4O2/c25-20-6-5-16(13-19(20)24(26,27)28)32-22(33)7-4-15-2-1-3-17(12-15)34-18-8-9-29-21(14-18)23-30-10-11-31-23/h1-3,5-6,8-9,12-14H,4,7,10-11H2,(H,30,31)(H,32,33). The maximum Gasteiger partial charge on any atom is 0.417 e. The lowest BCUT2D eigenvalue weighted by Crippen LogP contribution is -2.20. The fraction of sp³-hybridized carbons (Fsp3) is 0.208. The van der Waals surface area contributed by atoms with Gasteiger partial charge < -0.3 is 15.4 Å². The monoisotopic (exact) mass is 488 g/mol. The molecule has 34 heavy (non-hydrogen) atoms. The van der Waals surface area contributed by atoms with Crippen molar-refractivity contribution in [2.45, 2.75) is 19.0 Å². The Labute approximate surface area is 198 Å². The minimum Gasteiger partial charge on any atom is -0.457 e. The molecule has 6 nitrogen and oxygen atoms in total. The number of rotatable bonds is 7. The van der Waals surface area contributed by atoms with Crippen molar-refractivity contribution in [1.82, 2.24) is 10.3 Å². The third kappa shape index (κ3) is 6.05. The van der Waals surface area contributed by atoms with Crippen LogP contribution in [0, 0.1) is 0 Å². The minimum atomic E-state index is -4.60. The molecule has 0 unspecified atom stereocenters. The Kier molecular flexibility index (Phi) is 7.02. The zero-order valence-electron chi connectivity index (χ0n) is 17.8. The van der Waals surface area contributed by atoms with E-state index in [1.54, 1.807) is 24.4 Å². The van der Waals surface area contributed by atoms with Crippen LogP contribution < -0.4 is 15.4 Å². The van der Waals surface area contributed by atoms with E-state index in [1.165, 1.54) is 6.07 Å². The highest BCUT2D eigenvalue weighted by Crippen LogP contribution is 2.36. The maximum atomic E-state index is 13.0. The number of nitrogens with zero attached hydrogens (tertiary/aromatic N) is 2. The number of pyridine rings is 1. The number of amidine groups is 1. The number of carbonyl (C=O) groups is 1. The number of carbonyl (C=O) groups excluding carboxylic acids is 1. The molecule has 0 spiro atoms. The van der Waals surface area contributed by atoms with Crippen LogP contribution in [0.25, 0.3) is 0 Å². The molecule has 3 aromatic rings. The van der Waals surface area contributed by atoms with Crippen LogP contribution in [0.15, 0.2) is 65.8 Å². The molecular weight excluding hydrogens is 469 g/mol. The van der Waals surface area contributed by atoms with Gasteiger partial charge in [0.25, 0.3) is 0 Å². The third-order valence-electron chi connectivity index (χ3n) is 4.98. The van der Waals surface area contributed by atoms with Gasteiger partial charge >= 0.3 is 6.18 Å². The molecule has 0 atom stereocenters. The van der Waals surface area contributed by atoms with Crippen molar-refractivity contribution < 1.29 is 22.7 Å². The molecule has 0 radical (unpaired) electrons. The van der Waals surface area contributed by atoms with Crippen molar-refractivity contribution >= 4 is 29.0 Å². The van der Waals surface area contributed by atoms with Gasteiger partial charge in [0, 0.05) is 30.9 Å². The maximum absolute atomic E-state index is 13.0. The fourth-order valence-corrected chi connectivity index (χ4v) is 3.60. The summed E-state index contributed by atoms with van der Waals surface area (Å²) in [5.41, 5.74) is 0.579. The highest BCUT2D eigenvalue weighted by atomic mass is 35.5. The third-order valence-corrected chi connectivity index (χ3v) is 5.31. The Morgan fingerprint density at radius 2 is 1.94 bits per heavy atom. The van der Waals surface area contributed by atoms with Crippen molar-refractivity contribution in [3.05, 3.63) is 82.6 Å². The molecular formula is C24H20ClF3N4O2. The first kappa shape index (κ1) is 23.6. The van der Waals surface area contributed by atoms with E-state index in [2.05, 4.69) is 20.6 Å². The summed E-state index contributed by atoms with van der Waals surface area (Å²) in [5.74, 6) is 1.50. The highest BCUT2D eigenvalue weighted by molar-refractivity contribution is 6.31. The van der Waals surface area contributed by atoms with Gasteiger partial charge in [-0.3, -0.25) is 14.8 Å². The van der Waals surface area contributed by atoms with Gasteiger partial charge in [-0.1, -0.05) is 23.7 Å². The first-order valence-corrected chi connectivity index (χ1v) is 10.8. The number of amides is 1. The lowest BCUT2D eigenvalue weighted by atomic mass is 10.1. The number of ether oxygens (including phenoxy) is 1. The van der Waals surface area contributed by atoms with Gasteiger partial charge in [0.2, 0.25) is 5.91 Å². The van der Waals surface area contributed by atoms with Gasteiger partial charge in [0.1, 0.15) is 23.0 Å². The lowest BCUT2D eigenvalue weighted by molar-refractivity contribution is -0.137. The number of nitrogens with one attached hydrogen (secondary N) is 2. The summed E-state index contributed by atoms with van der Waals surface area (Å²) in [6.45, 7) is 1.48. The molecule has 176 valence electrons. The number of hydrogen-bond acceptors (Lipinski definition) is 5. The van der Waals surface area contributed by atoms with Crippen molar-refractivity contribution in [2.24, 2.45) is 4.99 Å². The number of anilines is 1. The number of aliphatic imine (C=N–C) groups is 1. The smallest absolute Gasteiger partial charge is 0.417 e. The molecule has 0 saturated carbocycles. The second kappa shape index (κ2) is 10.1. The Balaban J connectivity index is 1.36. The Hall–Kier alpha value is -3.59. The molecule has 1 aliphatic heterocycles. The van der Waals surface area contributed by atoms with Crippen molar-refractivity contribution in [3.8, 4) is 11.5 Å². The SMILES string of the molecule is O=C(CCc1cccc(Oc2ccnc(C3=NCCN3)c2)c1)Nc1ccc(Cl)c(C(F)(F)F)c1. The number of aromatic nitrogens is 1. The van der Waals surface area contributed by atoms with Gasteiger partial charge in [-0.2, -0.15) is 13.2 Å². The van der Waals surface area contributed by atoms with Crippen molar-refractivity contribution in [2.75, 3.05) is 18.4 Å². The summed E-state index contributed by atoms with van der Waals surface area (Å²) >= 11 is 5.62. The van der Waals surface area contributed by atoms with Crippen molar-refractivity contribution in [3.63, 3.8) is 0 Å². The number of alkyl halides is 3. The summed E-state index contributed by atoms with van der Waals surface area (Å²) in [6.07, 6.45) is -2.50. The normalized spacial score (nSPS) is 13.2. The minimum absolute atomic E-state index is 0.0358. The quantitative estimate of drug-likeness (QED) is 0.462. The Bertz CT molecular complexity index is 1230. The van der Waals surface area contributed by atoms with E-state index in [1.807, 2.05) is 18.2 Å². The van der Waals surface area contributed by atoms with Gasteiger partial charge in [-0.25, -0.2) is 0 Å². The molecule has 1 aliphatic rings. The predicted octanol–water partition coefficient (Wildman–Crippen LogP) is 5.47. The Morgan fingerprint density at radius 3 is 2.71 bits per heavy atom. The number of hydrogen-bond donors (Lipinski definition) is 2. The van der Waals surface area contributed by atoms with E-state index in [0.29, 0.717) is 30.2 Å². The van der Waals surface area contributed by atoms with Crippen LogP contribution in [0.3, 0.4) is 0 Å². The molecule has 10 heteroatoms.